The van der Waals surface area contributed by atoms with E-state index in [1.165, 1.54) is 31.2 Å². The van der Waals surface area contributed by atoms with Crippen LogP contribution in [0.25, 0.3) is 0 Å². The lowest BCUT2D eigenvalue weighted by Gasteiger charge is -2.21. The van der Waals surface area contributed by atoms with Gasteiger partial charge in [-0.3, -0.25) is 0 Å². The van der Waals surface area contributed by atoms with E-state index in [0.29, 0.717) is 6.04 Å². The SMILES string of the molecule is CCCNc1nc(CC)nc(NC(C2CC2)C2CC2)c1C. The van der Waals surface area contributed by atoms with Crippen LogP contribution in [0.5, 0.6) is 0 Å². The number of rotatable bonds is 8. The van der Waals surface area contributed by atoms with Crippen molar-refractivity contribution in [2.45, 2.75) is 65.3 Å². The molecule has 2 N–H and O–H groups in total. The Kier molecular flexibility index (Phi) is 4.32. The molecule has 0 spiro atoms. The zero-order valence-electron chi connectivity index (χ0n) is 13.6. The van der Waals surface area contributed by atoms with Gasteiger partial charge in [0.05, 0.1) is 0 Å². The maximum atomic E-state index is 4.76. The zero-order valence-corrected chi connectivity index (χ0v) is 13.6. The quantitative estimate of drug-likeness (QED) is 0.764. The van der Waals surface area contributed by atoms with Crippen LogP contribution < -0.4 is 10.6 Å². The molecule has 2 fully saturated rings. The number of aryl methyl sites for hydroxylation is 1. The van der Waals surface area contributed by atoms with E-state index < -0.39 is 0 Å². The van der Waals surface area contributed by atoms with Crippen molar-refractivity contribution < 1.29 is 0 Å². The first-order valence-corrected chi connectivity index (χ1v) is 8.60. The normalized spacial score (nSPS) is 18.1. The summed E-state index contributed by atoms with van der Waals surface area (Å²) >= 11 is 0. The van der Waals surface area contributed by atoms with Crippen molar-refractivity contribution >= 4 is 11.6 Å². The number of hydrogen-bond donors (Lipinski definition) is 2. The van der Waals surface area contributed by atoms with Gasteiger partial charge in [0.2, 0.25) is 0 Å². The number of nitrogens with zero attached hydrogens (tertiary/aromatic N) is 2. The van der Waals surface area contributed by atoms with Gasteiger partial charge < -0.3 is 10.6 Å². The molecule has 0 saturated heterocycles. The molecule has 4 heteroatoms. The van der Waals surface area contributed by atoms with E-state index in [1.54, 1.807) is 0 Å². The Morgan fingerprint density at radius 1 is 1.05 bits per heavy atom. The number of anilines is 2. The van der Waals surface area contributed by atoms with Gasteiger partial charge in [0.1, 0.15) is 17.5 Å². The lowest BCUT2D eigenvalue weighted by Crippen LogP contribution is -2.26. The van der Waals surface area contributed by atoms with Crippen LogP contribution in [0.4, 0.5) is 11.6 Å². The standard InChI is InChI=1S/C17H28N4/c1-4-10-18-16-11(3)17(20-14(5-2)19-16)21-15(12-6-7-12)13-8-9-13/h12-13,15H,4-10H2,1-3H3,(H2,18,19,20,21). The van der Waals surface area contributed by atoms with Crippen LogP contribution in [0, 0.1) is 18.8 Å². The molecule has 3 rings (SSSR count). The highest BCUT2D eigenvalue weighted by Crippen LogP contribution is 2.46. The van der Waals surface area contributed by atoms with Crippen molar-refractivity contribution in [1.29, 1.82) is 0 Å². The Morgan fingerprint density at radius 3 is 2.19 bits per heavy atom. The van der Waals surface area contributed by atoms with Crippen molar-refractivity contribution in [3.63, 3.8) is 0 Å². The fourth-order valence-electron chi connectivity index (χ4n) is 2.97. The van der Waals surface area contributed by atoms with Gasteiger partial charge in [0.15, 0.2) is 0 Å². The van der Waals surface area contributed by atoms with Gasteiger partial charge in [-0.1, -0.05) is 13.8 Å². The van der Waals surface area contributed by atoms with Crippen molar-refractivity contribution in [2.24, 2.45) is 11.8 Å². The van der Waals surface area contributed by atoms with Crippen LogP contribution in [0.15, 0.2) is 0 Å². The van der Waals surface area contributed by atoms with Crippen LogP contribution >= 0.6 is 0 Å². The second kappa shape index (κ2) is 6.20. The second-order valence-electron chi connectivity index (χ2n) is 6.59. The van der Waals surface area contributed by atoms with E-state index >= 15 is 0 Å². The van der Waals surface area contributed by atoms with Crippen molar-refractivity contribution in [1.82, 2.24) is 9.97 Å². The summed E-state index contributed by atoms with van der Waals surface area (Å²) in [5.74, 6) is 4.76. The monoisotopic (exact) mass is 288 g/mol. The van der Waals surface area contributed by atoms with Crippen LogP contribution in [0.3, 0.4) is 0 Å². The molecule has 1 aromatic rings. The minimum atomic E-state index is 0.641. The third-order valence-electron chi connectivity index (χ3n) is 4.61. The first-order valence-electron chi connectivity index (χ1n) is 8.60. The second-order valence-corrected chi connectivity index (χ2v) is 6.59. The summed E-state index contributed by atoms with van der Waals surface area (Å²) in [4.78, 5) is 9.41. The van der Waals surface area contributed by atoms with E-state index in [9.17, 15) is 0 Å². The van der Waals surface area contributed by atoms with E-state index in [-0.39, 0.29) is 0 Å². The molecule has 4 nitrogen and oxygen atoms in total. The Labute approximate surface area is 128 Å². The number of nitrogens with one attached hydrogen (secondary N) is 2. The highest BCUT2D eigenvalue weighted by molar-refractivity contribution is 5.58. The largest absolute Gasteiger partial charge is 0.370 e. The molecule has 2 aliphatic carbocycles. The molecule has 1 aromatic heterocycles. The lowest BCUT2D eigenvalue weighted by atomic mass is 10.1. The van der Waals surface area contributed by atoms with E-state index in [0.717, 1.165) is 48.7 Å². The van der Waals surface area contributed by atoms with Crippen LogP contribution in [0.1, 0.15) is 57.3 Å². The third kappa shape index (κ3) is 3.47. The van der Waals surface area contributed by atoms with Gasteiger partial charge in [-0.15, -0.1) is 0 Å². The summed E-state index contributed by atoms with van der Waals surface area (Å²) in [7, 11) is 0. The topological polar surface area (TPSA) is 49.8 Å². The molecule has 0 aliphatic heterocycles. The van der Waals surface area contributed by atoms with Crippen molar-refractivity contribution in [3.05, 3.63) is 11.4 Å². The molecular weight excluding hydrogens is 260 g/mol. The zero-order chi connectivity index (χ0) is 14.8. The average molecular weight is 288 g/mol. The van der Waals surface area contributed by atoms with Crippen LogP contribution in [0.2, 0.25) is 0 Å². The fraction of sp³-hybridized carbons (Fsp3) is 0.765. The Balaban J connectivity index is 1.81. The van der Waals surface area contributed by atoms with Gasteiger partial charge in [-0.25, -0.2) is 9.97 Å². The summed E-state index contributed by atoms with van der Waals surface area (Å²) in [6, 6.07) is 0.641. The van der Waals surface area contributed by atoms with Gasteiger partial charge in [0, 0.05) is 24.6 Å². The molecule has 2 aliphatic rings. The summed E-state index contributed by atoms with van der Waals surface area (Å²) in [5.41, 5.74) is 1.17. The Bertz CT molecular complexity index is 480. The maximum absolute atomic E-state index is 4.76. The third-order valence-corrected chi connectivity index (χ3v) is 4.61. The fourth-order valence-corrected chi connectivity index (χ4v) is 2.97. The minimum absolute atomic E-state index is 0.641. The molecule has 0 aromatic carbocycles. The smallest absolute Gasteiger partial charge is 0.135 e. The van der Waals surface area contributed by atoms with E-state index in [4.69, 9.17) is 4.98 Å². The first kappa shape index (κ1) is 14.6. The first-order chi connectivity index (χ1) is 10.2. The van der Waals surface area contributed by atoms with Crippen molar-refractivity contribution in [2.75, 3.05) is 17.2 Å². The van der Waals surface area contributed by atoms with Gasteiger partial charge >= 0.3 is 0 Å². The molecule has 0 amide bonds. The summed E-state index contributed by atoms with van der Waals surface area (Å²) in [6.45, 7) is 7.41. The summed E-state index contributed by atoms with van der Waals surface area (Å²) in [5, 5.41) is 7.22. The van der Waals surface area contributed by atoms with Crippen molar-refractivity contribution in [3.8, 4) is 0 Å². The molecular formula is C17H28N4. The predicted molar refractivity (Wildman–Crippen MR) is 87.8 cm³/mol. The van der Waals surface area contributed by atoms with Gasteiger partial charge in [0.25, 0.3) is 0 Å². The molecule has 0 unspecified atom stereocenters. The molecule has 1 heterocycles. The Morgan fingerprint density at radius 2 is 1.67 bits per heavy atom. The molecule has 0 radical (unpaired) electrons. The van der Waals surface area contributed by atoms with Gasteiger partial charge in [-0.05, 0) is 50.9 Å². The highest BCUT2D eigenvalue weighted by atomic mass is 15.1. The molecule has 0 atom stereocenters. The average Bonchev–Trinajstić information content (AvgIpc) is 3.38. The van der Waals surface area contributed by atoms with Crippen LogP contribution in [-0.2, 0) is 6.42 Å². The number of aromatic nitrogens is 2. The lowest BCUT2D eigenvalue weighted by molar-refractivity contribution is 0.564. The molecule has 21 heavy (non-hydrogen) atoms. The predicted octanol–water partition coefficient (Wildman–Crippen LogP) is 3.77. The summed E-state index contributed by atoms with van der Waals surface area (Å²) in [6.07, 6.45) is 7.55. The molecule has 116 valence electrons. The van der Waals surface area contributed by atoms with E-state index in [2.05, 4.69) is 36.4 Å². The van der Waals surface area contributed by atoms with Gasteiger partial charge in [-0.2, -0.15) is 0 Å². The number of hydrogen-bond acceptors (Lipinski definition) is 4. The molecule has 2 saturated carbocycles. The summed E-state index contributed by atoms with van der Waals surface area (Å²) < 4.78 is 0. The van der Waals surface area contributed by atoms with Crippen LogP contribution in [-0.4, -0.2) is 22.6 Å². The highest BCUT2D eigenvalue weighted by Gasteiger charge is 2.41. The maximum Gasteiger partial charge on any atom is 0.135 e. The van der Waals surface area contributed by atoms with E-state index in [1.807, 2.05) is 0 Å². The molecule has 0 bridgehead atoms. The Hall–Kier alpha value is -1.32. The minimum Gasteiger partial charge on any atom is -0.370 e.